The van der Waals surface area contributed by atoms with Crippen LogP contribution in [0.5, 0.6) is 0 Å². The number of para-hydroxylation sites is 1. The molecule has 1 N–H and O–H groups in total. The average Bonchev–Trinajstić information content (AvgIpc) is 3.11. The van der Waals surface area contributed by atoms with Gasteiger partial charge in [0.1, 0.15) is 0 Å². The molecule has 164 valence electrons. The van der Waals surface area contributed by atoms with Crippen molar-refractivity contribution in [3.63, 3.8) is 0 Å². The molecule has 3 heterocycles. The van der Waals surface area contributed by atoms with E-state index < -0.39 is 27.4 Å². The maximum atomic E-state index is 13.4. The topological polar surface area (TPSA) is 99.3 Å². The minimum atomic E-state index is -3.55. The monoisotopic (exact) mass is 436 g/mol. The van der Waals surface area contributed by atoms with Gasteiger partial charge in [0.05, 0.1) is 25.3 Å². The number of hydrogen-bond donors (Lipinski definition) is 1. The number of anilines is 1. The first kappa shape index (κ1) is 21.1. The lowest BCUT2D eigenvalue weighted by molar-refractivity contribution is -0.166. The SMILES string of the molecule is Cc1ccccc1N1CCN(C(=O)[C@H]2CN(S(C)(=O)=O)C[C@@]23OCCNC3=O)CC1. The average molecular weight is 437 g/mol. The zero-order valence-corrected chi connectivity index (χ0v) is 18.2. The van der Waals surface area contributed by atoms with Crippen LogP contribution in [0.4, 0.5) is 5.69 Å². The number of nitrogens with zero attached hydrogens (tertiary/aromatic N) is 3. The number of rotatable bonds is 3. The van der Waals surface area contributed by atoms with Crippen LogP contribution in [-0.2, 0) is 24.3 Å². The van der Waals surface area contributed by atoms with E-state index in [9.17, 15) is 18.0 Å². The number of nitrogens with one attached hydrogen (secondary N) is 1. The van der Waals surface area contributed by atoms with Crippen LogP contribution in [0, 0.1) is 12.8 Å². The second kappa shape index (κ2) is 7.82. The Kier molecular flexibility index (Phi) is 5.50. The molecule has 1 aromatic carbocycles. The number of aryl methyl sites for hydroxylation is 1. The molecule has 30 heavy (non-hydrogen) atoms. The molecule has 3 aliphatic rings. The van der Waals surface area contributed by atoms with Crippen LogP contribution in [0.3, 0.4) is 0 Å². The predicted octanol–water partition coefficient (Wildman–Crippen LogP) is -0.580. The van der Waals surface area contributed by atoms with Gasteiger partial charge in [0.25, 0.3) is 5.91 Å². The summed E-state index contributed by atoms with van der Waals surface area (Å²) in [5, 5.41) is 2.74. The normalized spacial score (nSPS) is 28.1. The van der Waals surface area contributed by atoms with Gasteiger partial charge in [-0.15, -0.1) is 0 Å². The van der Waals surface area contributed by atoms with Crippen molar-refractivity contribution in [3.8, 4) is 0 Å². The summed E-state index contributed by atoms with van der Waals surface area (Å²) in [6.07, 6.45) is 1.09. The second-order valence-corrected chi connectivity index (χ2v) is 10.2. The summed E-state index contributed by atoms with van der Waals surface area (Å²) in [7, 11) is -3.55. The minimum absolute atomic E-state index is 0.0386. The largest absolute Gasteiger partial charge is 0.368 e. The molecule has 4 rings (SSSR count). The Morgan fingerprint density at radius 1 is 1.20 bits per heavy atom. The number of piperazine rings is 1. The lowest BCUT2D eigenvalue weighted by atomic mass is 9.87. The molecule has 10 heteroatoms. The van der Waals surface area contributed by atoms with E-state index in [1.165, 1.54) is 9.87 Å². The van der Waals surface area contributed by atoms with Crippen LogP contribution in [0.1, 0.15) is 5.56 Å². The zero-order chi connectivity index (χ0) is 21.5. The Labute approximate surface area is 177 Å². The molecule has 0 unspecified atom stereocenters. The van der Waals surface area contributed by atoms with Gasteiger partial charge in [-0.3, -0.25) is 9.59 Å². The van der Waals surface area contributed by atoms with Crippen LogP contribution in [-0.4, -0.2) is 93.7 Å². The van der Waals surface area contributed by atoms with Crippen LogP contribution in [0.25, 0.3) is 0 Å². The quantitative estimate of drug-likeness (QED) is 0.681. The standard InChI is InChI=1S/C20H28N4O5S/c1-15-5-3-4-6-17(15)22-8-10-23(11-9-22)18(25)16-13-24(30(2,27)28)14-20(16)19(26)21-7-12-29-20/h3-6,16H,7-14H2,1-2H3,(H,21,26)/t16-,20-/m1/s1. The Bertz CT molecular complexity index is 944. The Hall–Kier alpha value is -2.17. The first-order chi connectivity index (χ1) is 14.2. The maximum absolute atomic E-state index is 13.4. The van der Waals surface area contributed by atoms with E-state index in [-0.39, 0.29) is 25.6 Å². The van der Waals surface area contributed by atoms with E-state index in [4.69, 9.17) is 4.74 Å². The summed E-state index contributed by atoms with van der Waals surface area (Å²) in [5.74, 6) is -1.48. The number of benzene rings is 1. The fourth-order valence-corrected chi connectivity index (χ4v) is 5.46. The first-order valence-electron chi connectivity index (χ1n) is 10.2. The van der Waals surface area contributed by atoms with Gasteiger partial charge in [-0.2, -0.15) is 4.31 Å². The maximum Gasteiger partial charge on any atom is 0.254 e. The molecule has 2 amide bonds. The highest BCUT2D eigenvalue weighted by atomic mass is 32.2. The third-order valence-electron chi connectivity index (χ3n) is 6.31. The van der Waals surface area contributed by atoms with Crippen molar-refractivity contribution in [1.82, 2.24) is 14.5 Å². The van der Waals surface area contributed by atoms with E-state index in [1.807, 2.05) is 12.1 Å². The summed E-state index contributed by atoms with van der Waals surface area (Å²) in [6.45, 7) is 4.90. The van der Waals surface area contributed by atoms with Crippen LogP contribution in [0.2, 0.25) is 0 Å². The lowest BCUT2D eigenvalue weighted by Gasteiger charge is -2.41. The molecule has 1 spiro atoms. The van der Waals surface area contributed by atoms with Gasteiger partial charge < -0.3 is 19.9 Å². The van der Waals surface area contributed by atoms with E-state index >= 15 is 0 Å². The number of carbonyl (C=O) groups is 2. The van der Waals surface area contributed by atoms with Crippen LogP contribution in [0.15, 0.2) is 24.3 Å². The number of ether oxygens (including phenoxy) is 1. The zero-order valence-electron chi connectivity index (χ0n) is 17.3. The summed E-state index contributed by atoms with van der Waals surface area (Å²) in [6, 6.07) is 8.14. The highest BCUT2D eigenvalue weighted by molar-refractivity contribution is 7.88. The smallest absolute Gasteiger partial charge is 0.254 e. The fraction of sp³-hybridized carbons (Fsp3) is 0.600. The van der Waals surface area contributed by atoms with Crippen molar-refractivity contribution in [2.75, 3.05) is 63.6 Å². The minimum Gasteiger partial charge on any atom is -0.368 e. The number of sulfonamides is 1. The molecule has 3 fully saturated rings. The van der Waals surface area contributed by atoms with Crippen molar-refractivity contribution < 1.29 is 22.7 Å². The molecule has 0 aliphatic carbocycles. The van der Waals surface area contributed by atoms with Gasteiger partial charge in [-0.25, -0.2) is 8.42 Å². The molecule has 0 radical (unpaired) electrons. The van der Waals surface area contributed by atoms with Crippen molar-refractivity contribution in [1.29, 1.82) is 0 Å². The summed E-state index contributed by atoms with van der Waals surface area (Å²) < 4.78 is 31.3. The van der Waals surface area contributed by atoms with E-state index in [2.05, 4.69) is 29.3 Å². The van der Waals surface area contributed by atoms with Gasteiger partial charge in [-0.1, -0.05) is 18.2 Å². The molecule has 0 saturated carbocycles. The Balaban J connectivity index is 1.52. The van der Waals surface area contributed by atoms with Crippen molar-refractivity contribution in [2.45, 2.75) is 12.5 Å². The molecule has 3 saturated heterocycles. The van der Waals surface area contributed by atoms with Gasteiger partial charge >= 0.3 is 0 Å². The number of hydrogen-bond acceptors (Lipinski definition) is 6. The molecule has 0 aromatic heterocycles. The molecule has 3 aliphatic heterocycles. The van der Waals surface area contributed by atoms with Crippen LogP contribution < -0.4 is 10.2 Å². The van der Waals surface area contributed by atoms with Gasteiger partial charge in [0, 0.05) is 45.0 Å². The van der Waals surface area contributed by atoms with Gasteiger partial charge in [0.2, 0.25) is 15.9 Å². The van der Waals surface area contributed by atoms with Crippen molar-refractivity contribution >= 4 is 27.5 Å². The summed E-state index contributed by atoms with van der Waals surface area (Å²) in [5.41, 5.74) is 0.884. The van der Waals surface area contributed by atoms with Crippen molar-refractivity contribution in [2.24, 2.45) is 5.92 Å². The summed E-state index contributed by atoms with van der Waals surface area (Å²) >= 11 is 0. The number of amides is 2. The highest BCUT2D eigenvalue weighted by Gasteiger charge is 2.60. The summed E-state index contributed by atoms with van der Waals surface area (Å²) in [4.78, 5) is 30.1. The van der Waals surface area contributed by atoms with E-state index in [0.717, 1.165) is 11.9 Å². The molecular formula is C20H28N4O5S. The first-order valence-corrected chi connectivity index (χ1v) is 12.0. The van der Waals surface area contributed by atoms with Crippen molar-refractivity contribution in [3.05, 3.63) is 29.8 Å². The Morgan fingerprint density at radius 3 is 2.53 bits per heavy atom. The fourth-order valence-electron chi connectivity index (χ4n) is 4.61. The van der Waals surface area contributed by atoms with Gasteiger partial charge in [-0.05, 0) is 18.6 Å². The second-order valence-electron chi connectivity index (χ2n) is 8.20. The third-order valence-corrected chi connectivity index (χ3v) is 7.52. The molecule has 0 bridgehead atoms. The highest BCUT2D eigenvalue weighted by Crippen LogP contribution is 2.36. The molecule has 1 aromatic rings. The molecular weight excluding hydrogens is 408 g/mol. The predicted molar refractivity (Wildman–Crippen MR) is 112 cm³/mol. The van der Waals surface area contributed by atoms with Crippen LogP contribution >= 0.6 is 0 Å². The molecule has 2 atom stereocenters. The van der Waals surface area contributed by atoms with Gasteiger partial charge in [0.15, 0.2) is 5.60 Å². The Morgan fingerprint density at radius 2 is 1.90 bits per heavy atom. The molecule has 9 nitrogen and oxygen atoms in total. The third kappa shape index (κ3) is 3.67. The number of carbonyl (C=O) groups excluding carboxylic acids is 2. The van der Waals surface area contributed by atoms with E-state index in [0.29, 0.717) is 32.7 Å². The lowest BCUT2D eigenvalue weighted by Crippen LogP contribution is -2.63. The number of morpholine rings is 1. The van der Waals surface area contributed by atoms with E-state index in [1.54, 1.807) is 4.90 Å².